The number of hydrogen-bond acceptors (Lipinski definition) is 5. The van der Waals surface area contributed by atoms with Crippen LogP contribution in [0, 0.1) is 0 Å². The summed E-state index contributed by atoms with van der Waals surface area (Å²) in [6.07, 6.45) is 10.6. The van der Waals surface area contributed by atoms with E-state index in [0.29, 0.717) is 6.04 Å². The predicted molar refractivity (Wildman–Crippen MR) is 116 cm³/mol. The van der Waals surface area contributed by atoms with Gasteiger partial charge in [-0.2, -0.15) is 0 Å². The fourth-order valence-corrected chi connectivity index (χ4v) is 5.05. The lowest BCUT2D eigenvalue weighted by Crippen LogP contribution is -2.51. The molecule has 1 aliphatic heterocycles. The summed E-state index contributed by atoms with van der Waals surface area (Å²) >= 11 is 0. The summed E-state index contributed by atoms with van der Waals surface area (Å²) in [6.45, 7) is 7.64. The average Bonchev–Trinajstić information content (AvgIpc) is 3.23. The maximum atomic E-state index is 4.50. The Balaban J connectivity index is 1.44. The van der Waals surface area contributed by atoms with E-state index in [1.165, 1.54) is 63.6 Å². The van der Waals surface area contributed by atoms with Gasteiger partial charge in [0.15, 0.2) is 5.82 Å². The van der Waals surface area contributed by atoms with Gasteiger partial charge in [-0.3, -0.25) is 9.80 Å². The number of rotatable bonds is 8. The molecule has 1 saturated heterocycles. The van der Waals surface area contributed by atoms with Crippen LogP contribution in [0.5, 0.6) is 0 Å². The smallest absolute Gasteiger partial charge is 0.168 e. The van der Waals surface area contributed by atoms with Crippen LogP contribution in [0.25, 0.3) is 0 Å². The number of piperazine rings is 1. The molecular formula is C23H36N6. The minimum absolute atomic E-state index is 0.321. The van der Waals surface area contributed by atoms with Crippen LogP contribution in [-0.4, -0.2) is 62.2 Å². The summed E-state index contributed by atoms with van der Waals surface area (Å²) in [5.74, 6) is 1.04. The second-order valence-corrected chi connectivity index (χ2v) is 8.70. The molecule has 1 aromatic heterocycles. The number of nitrogens with zero attached hydrogens (tertiary/aromatic N) is 6. The molecule has 0 N–H and O–H groups in total. The highest BCUT2D eigenvalue weighted by atomic mass is 15.6. The molecule has 0 spiro atoms. The molecule has 0 amide bonds. The highest BCUT2D eigenvalue weighted by molar-refractivity contribution is 5.15. The molecule has 2 fully saturated rings. The molecule has 29 heavy (non-hydrogen) atoms. The number of tetrazole rings is 1. The Morgan fingerprint density at radius 2 is 1.76 bits per heavy atom. The summed E-state index contributed by atoms with van der Waals surface area (Å²) in [5, 5.41) is 12.9. The first-order valence-corrected chi connectivity index (χ1v) is 11.6. The average molecular weight is 397 g/mol. The van der Waals surface area contributed by atoms with Gasteiger partial charge in [-0.05, 0) is 35.3 Å². The highest BCUT2D eigenvalue weighted by Crippen LogP contribution is 2.29. The lowest BCUT2D eigenvalue weighted by atomic mass is 9.93. The highest BCUT2D eigenvalue weighted by Gasteiger charge is 2.31. The second-order valence-electron chi connectivity index (χ2n) is 8.70. The Morgan fingerprint density at radius 3 is 2.48 bits per heavy atom. The van der Waals surface area contributed by atoms with Gasteiger partial charge in [0.2, 0.25) is 0 Å². The molecule has 1 unspecified atom stereocenters. The van der Waals surface area contributed by atoms with Gasteiger partial charge in [0.05, 0.1) is 12.6 Å². The van der Waals surface area contributed by atoms with E-state index in [1.807, 2.05) is 4.68 Å². The Labute approximate surface area is 175 Å². The standard InChI is InChI=1S/C23H36N6/c1-2-3-14-22(23-24-25-26-29(23)19-20-10-6-4-7-11-20)28-17-15-27(16-18-28)21-12-8-5-9-13-21/h4,6-7,10-11,21-22H,2-3,5,8-9,12-19H2,1H3. The van der Waals surface area contributed by atoms with E-state index >= 15 is 0 Å². The molecule has 1 atom stereocenters. The normalized spacial score (nSPS) is 20.7. The lowest BCUT2D eigenvalue weighted by molar-refractivity contribution is 0.0497. The van der Waals surface area contributed by atoms with E-state index in [-0.39, 0.29) is 0 Å². The predicted octanol–water partition coefficient (Wildman–Crippen LogP) is 3.90. The molecule has 4 rings (SSSR count). The van der Waals surface area contributed by atoms with Crippen molar-refractivity contribution >= 4 is 0 Å². The molecular weight excluding hydrogens is 360 g/mol. The van der Waals surface area contributed by atoms with Crippen molar-refractivity contribution in [3.63, 3.8) is 0 Å². The number of unbranched alkanes of at least 4 members (excludes halogenated alkanes) is 1. The van der Waals surface area contributed by atoms with Crippen LogP contribution in [-0.2, 0) is 6.54 Å². The molecule has 2 heterocycles. The van der Waals surface area contributed by atoms with Crippen molar-refractivity contribution in [3.8, 4) is 0 Å². The van der Waals surface area contributed by atoms with Crippen molar-refractivity contribution in [2.75, 3.05) is 26.2 Å². The van der Waals surface area contributed by atoms with Gasteiger partial charge < -0.3 is 0 Å². The van der Waals surface area contributed by atoms with Crippen molar-refractivity contribution in [2.45, 2.75) is 76.9 Å². The van der Waals surface area contributed by atoms with E-state index < -0.39 is 0 Å². The van der Waals surface area contributed by atoms with Gasteiger partial charge in [0, 0.05) is 32.2 Å². The van der Waals surface area contributed by atoms with Gasteiger partial charge >= 0.3 is 0 Å². The third-order valence-electron chi connectivity index (χ3n) is 6.74. The number of hydrogen-bond donors (Lipinski definition) is 0. The van der Waals surface area contributed by atoms with E-state index in [9.17, 15) is 0 Å². The Morgan fingerprint density at radius 1 is 1.00 bits per heavy atom. The monoisotopic (exact) mass is 396 g/mol. The molecule has 6 heteroatoms. The van der Waals surface area contributed by atoms with Gasteiger partial charge in [0.1, 0.15) is 0 Å². The molecule has 2 aromatic rings. The fourth-order valence-electron chi connectivity index (χ4n) is 5.05. The first-order chi connectivity index (χ1) is 14.3. The van der Waals surface area contributed by atoms with Gasteiger partial charge in [-0.25, -0.2) is 4.68 Å². The van der Waals surface area contributed by atoms with Crippen molar-refractivity contribution < 1.29 is 0 Å². The van der Waals surface area contributed by atoms with Crippen molar-refractivity contribution in [1.82, 2.24) is 30.0 Å². The van der Waals surface area contributed by atoms with Crippen molar-refractivity contribution in [2.24, 2.45) is 0 Å². The van der Waals surface area contributed by atoms with Crippen LogP contribution in [0.3, 0.4) is 0 Å². The Bertz CT molecular complexity index is 716. The largest absolute Gasteiger partial charge is 0.298 e. The van der Waals surface area contributed by atoms with Gasteiger partial charge in [-0.1, -0.05) is 69.4 Å². The summed E-state index contributed by atoms with van der Waals surface area (Å²) in [5.41, 5.74) is 1.25. The van der Waals surface area contributed by atoms with Crippen LogP contribution in [0.15, 0.2) is 30.3 Å². The van der Waals surface area contributed by atoms with Crippen LogP contribution < -0.4 is 0 Å². The third kappa shape index (κ3) is 5.23. The zero-order valence-electron chi connectivity index (χ0n) is 17.9. The molecule has 6 nitrogen and oxygen atoms in total. The molecule has 1 aliphatic carbocycles. The topological polar surface area (TPSA) is 50.1 Å². The van der Waals surface area contributed by atoms with Crippen LogP contribution in [0.4, 0.5) is 0 Å². The zero-order chi connectivity index (χ0) is 19.9. The van der Waals surface area contributed by atoms with Gasteiger partial charge in [-0.15, -0.1) is 5.10 Å². The van der Waals surface area contributed by atoms with E-state index in [1.54, 1.807) is 0 Å². The first kappa shape index (κ1) is 20.5. The van der Waals surface area contributed by atoms with Crippen LogP contribution >= 0.6 is 0 Å². The Kier molecular flexibility index (Phi) is 7.28. The fraction of sp³-hybridized carbons (Fsp3) is 0.696. The van der Waals surface area contributed by atoms with Crippen molar-refractivity contribution in [3.05, 3.63) is 41.7 Å². The number of benzene rings is 1. The Hall–Kier alpha value is -1.79. The van der Waals surface area contributed by atoms with E-state index in [4.69, 9.17) is 0 Å². The van der Waals surface area contributed by atoms with E-state index in [0.717, 1.165) is 37.9 Å². The summed E-state index contributed by atoms with van der Waals surface area (Å²) in [4.78, 5) is 5.39. The second kappa shape index (κ2) is 10.3. The van der Waals surface area contributed by atoms with Gasteiger partial charge in [0.25, 0.3) is 0 Å². The van der Waals surface area contributed by atoms with Crippen molar-refractivity contribution in [1.29, 1.82) is 0 Å². The quantitative estimate of drug-likeness (QED) is 0.677. The van der Waals surface area contributed by atoms with E-state index in [2.05, 4.69) is 62.6 Å². The summed E-state index contributed by atoms with van der Waals surface area (Å²) in [7, 11) is 0. The van der Waals surface area contributed by atoms with Crippen LogP contribution in [0.2, 0.25) is 0 Å². The third-order valence-corrected chi connectivity index (χ3v) is 6.74. The molecule has 0 bridgehead atoms. The molecule has 2 aliphatic rings. The molecule has 1 saturated carbocycles. The SMILES string of the molecule is CCCCC(c1nnnn1Cc1ccccc1)N1CCN(C2CCCCC2)CC1. The molecule has 0 radical (unpaired) electrons. The first-order valence-electron chi connectivity index (χ1n) is 11.6. The zero-order valence-corrected chi connectivity index (χ0v) is 17.9. The minimum Gasteiger partial charge on any atom is -0.298 e. The molecule has 158 valence electrons. The summed E-state index contributed by atoms with van der Waals surface area (Å²) in [6, 6.07) is 11.7. The maximum absolute atomic E-state index is 4.50. The minimum atomic E-state index is 0.321. The lowest BCUT2D eigenvalue weighted by Gasteiger charge is -2.43. The van der Waals surface area contributed by atoms with Crippen LogP contribution in [0.1, 0.15) is 75.7 Å². The number of aromatic nitrogens is 4. The maximum Gasteiger partial charge on any atom is 0.168 e. The molecule has 1 aromatic carbocycles. The summed E-state index contributed by atoms with van der Waals surface area (Å²) < 4.78 is 2.02.